The molecule has 7 heteroatoms. The maximum Gasteiger partial charge on any atom is 0.296 e. The van der Waals surface area contributed by atoms with Crippen LogP contribution < -0.4 is 9.47 Å². The molecule has 0 bridgehead atoms. The van der Waals surface area contributed by atoms with Crippen molar-refractivity contribution in [3.05, 3.63) is 88.9 Å². The van der Waals surface area contributed by atoms with Crippen molar-refractivity contribution in [2.24, 2.45) is 0 Å². The van der Waals surface area contributed by atoms with E-state index < -0.39 is 17.7 Å². The summed E-state index contributed by atoms with van der Waals surface area (Å²) in [5.74, 6) is -0.0921. The molecule has 3 heterocycles. The van der Waals surface area contributed by atoms with Crippen LogP contribution in [0.25, 0.3) is 5.76 Å². The minimum atomic E-state index is -0.776. The normalized spacial score (nSPS) is 19.3. The van der Waals surface area contributed by atoms with Crippen LogP contribution in [0.4, 0.5) is 0 Å². The molecule has 5 rings (SSSR count). The molecule has 1 N–H and O–H groups in total. The smallest absolute Gasteiger partial charge is 0.296 e. The lowest BCUT2D eigenvalue weighted by atomic mass is 9.85. The highest BCUT2D eigenvalue weighted by atomic mass is 16.6. The van der Waals surface area contributed by atoms with Gasteiger partial charge in [-0.1, -0.05) is 45.0 Å². The Balaban J connectivity index is 1.62. The van der Waals surface area contributed by atoms with Crippen LogP contribution in [0.3, 0.4) is 0 Å². The highest BCUT2D eigenvalue weighted by Gasteiger charge is 2.46. The molecule has 1 amide bonds. The molecule has 0 saturated carbocycles. The van der Waals surface area contributed by atoms with E-state index >= 15 is 0 Å². The summed E-state index contributed by atoms with van der Waals surface area (Å²) in [5, 5.41) is 11.3. The summed E-state index contributed by atoms with van der Waals surface area (Å²) in [4.78, 5) is 27.9. The number of carbonyl (C=O) groups is 2. The van der Waals surface area contributed by atoms with Gasteiger partial charge in [-0.25, -0.2) is 0 Å². The number of ketones is 1. The van der Waals surface area contributed by atoms with Crippen molar-refractivity contribution in [1.82, 2.24) is 4.90 Å². The second-order valence-electron chi connectivity index (χ2n) is 9.74. The van der Waals surface area contributed by atoms with Crippen molar-refractivity contribution >= 4 is 17.4 Å². The molecule has 3 aromatic rings. The molecule has 180 valence electrons. The summed E-state index contributed by atoms with van der Waals surface area (Å²) < 4.78 is 16.7. The number of Topliss-reactive ketones (excluding diaryl/α,β-unsaturated/α-hetero) is 1. The van der Waals surface area contributed by atoms with Gasteiger partial charge in [0.15, 0.2) is 11.5 Å². The van der Waals surface area contributed by atoms with E-state index in [1.54, 1.807) is 30.3 Å². The number of furan rings is 1. The van der Waals surface area contributed by atoms with Crippen LogP contribution in [-0.2, 0) is 21.5 Å². The first-order chi connectivity index (χ1) is 16.7. The first kappa shape index (κ1) is 22.8. The number of nitrogens with zero attached hydrogens (tertiary/aromatic N) is 1. The molecular formula is C28H27NO6. The standard InChI is InChI=1S/C28H27NO6/c1-28(2,3)19-9-6-17(7-10-19)24-23(26(31)27(32)29(24)16-20-5-4-12-33-20)25(30)18-8-11-21-22(15-18)35-14-13-34-21/h4-12,15,24,30H,13-14,16H2,1-3H3/t24-/m0/s1. The van der Waals surface area contributed by atoms with Gasteiger partial charge in [0.1, 0.15) is 24.7 Å². The lowest BCUT2D eigenvalue weighted by molar-refractivity contribution is -0.140. The molecule has 7 nitrogen and oxygen atoms in total. The Bertz CT molecular complexity index is 1300. The second kappa shape index (κ2) is 8.65. The SMILES string of the molecule is CC(C)(C)c1ccc([C@H]2C(=C(O)c3ccc4c(c3)OCCO4)C(=O)C(=O)N2Cc2ccco2)cc1. The lowest BCUT2D eigenvalue weighted by Crippen LogP contribution is -2.29. The molecule has 0 unspecified atom stereocenters. The summed E-state index contributed by atoms with van der Waals surface area (Å²) in [6, 6.07) is 15.5. The van der Waals surface area contributed by atoms with Gasteiger partial charge in [-0.2, -0.15) is 0 Å². The monoisotopic (exact) mass is 473 g/mol. The van der Waals surface area contributed by atoms with E-state index in [1.165, 1.54) is 11.2 Å². The van der Waals surface area contributed by atoms with E-state index in [1.807, 2.05) is 24.3 Å². The van der Waals surface area contributed by atoms with E-state index in [0.717, 1.165) is 11.1 Å². The number of ether oxygens (including phenoxy) is 2. The molecule has 1 fully saturated rings. The molecule has 2 aliphatic rings. The van der Waals surface area contributed by atoms with E-state index in [9.17, 15) is 14.7 Å². The molecule has 2 aromatic carbocycles. The third-order valence-electron chi connectivity index (χ3n) is 6.35. The number of aliphatic hydroxyl groups excluding tert-OH is 1. The van der Waals surface area contributed by atoms with Gasteiger partial charge in [-0.05, 0) is 46.9 Å². The van der Waals surface area contributed by atoms with E-state index in [2.05, 4.69) is 20.8 Å². The highest BCUT2D eigenvalue weighted by molar-refractivity contribution is 6.46. The summed E-state index contributed by atoms with van der Waals surface area (Å²) in [7, 11) is 0. The van der Waals surface area contributed by atoms with Gasteiger partial charge in [-0.3, -0.25) is 9.59 Å². The largest absolute Gasteiger partial charge is 0.507 e. The van der Waals surface area contributed by atoms with Crippen molar-refractivity contribution in [2.75, 3.05) is 13.2 Å². The zero-order chi connectivity index (χ0) is 24.7. The van der Waals surface area contributed by atoms with Crippen LogP contribution in [-0.4, -0.2) is 34.9 Å². The van der Waals surface area contributed by atoms with Crippen molar-refractivity contribution in [2.45, 2.75) is 38.8 Å². The Morgan fingerprint density at radius 1 is 1.00 bits per heavy atom. The fraction of sp³-hybridized carbons (Fsp3) is 0.286. The number of amides is 1. The first-order valence-electron chi connectivity index (χ1n) is 11.6. The van der Waals surface area contributed by atoms with Crippen LogP contribution in [0, 0.1) is 0 Å². The van der Waals surface area contributed by atoms with Crippen LogP contribution in [0.1, 0.15) is 49.3 Å². The quantitative estimate of drug-likeness (QED) is 0.327. The fourth-order valence-electron chi connectivity index (χ4n) is 4.47. The molecule has 0 aliphatic carbocycles. The average Bonchev–Trinajstić information content (AvgIpc) is 3.45. The average molecular weight is 474 g/mol. The predicted molar refractivity (Wildman–Crippen MR) is 129 cm³/mol. The van der Waals surface area contributed by atoms with Crippen LogP contribution in [0.15, 0.2) is 70.9 Å². The first-order valence-corrected chi connectivity index (χ1v) is 11.6. The van der Waals surface area contributed by atoms with E-state index in [4.69, 9.17) is 13.9 Å². The molecule has 1 atom stereocenters. The predicted octanol–water partition coefficient (Wildman–Crippen LogP) is 4.97. The summed E-state index contributed by atoms with van der Waals surface area (Å²) in [5.41, 5.74) is 2.20. The van der Waals surface area contributed by atoms with Crippen LogP contribution in [0.2, 0.25) is 0 Å². The third kappa shape index (κ3) is 4.18. The van der Waals surface area contributed by atoms with Crippen LogP contribution >= 0.6 is 0 Å². The van der Waals surface area contributed by atoms with Crippen molar-refractivity contribution < 1.29 is 28.6 Å². The molecule has 1 saturated heterocycles. The number of carbonyl (C=O) groups excluding carboxylic acids is 2. The van der Waals surface area contributed by atoms with Crippen molar-refractivity contribution in [3.8, 4) is 11.5 Å². The number of rotatable bonds is 4. The van der Waals surface area contributed by atoms with Crippen molar-refractivity contribution in [1.29, 1.82) is 0 Å². The third-order valence-corrected chi connectivity index (χ3v) is 6.35. The lowest BCUT2D eigenvalue weighted by Gasteiger charge is -2.26. The van der Waals surface area contributed by atoms with Gasteiger partial charge < -0.3 is 23.9 Å². The number of hydrogen-bond acceptors (Lipinski definition) is 6. The second-order valence-corrected chi connectivity index (χ2v) is 9.74. The van der Waals surface area contributed by atoms with Gasteiger partial charge in [-0.15, -0.1) is 0 Å². The number of aliphatic hydroxyl groups is 1. The minimum absolute atomic E-state index is 0.0294. The molecule has 0 radical (unpaired) electrons. The number of likely N-dealkylation sites (tertiary alicyclic amines) is 1. The molecule has 0 spiro atoms. The molecule has 1 aromatic heterocycles. The maximum atomic E-state index is 13.3. The van der Waals surface area contributed by atoms with Crippen molar-refractivity contribution in [3.63, 3.8) is 0 Å². The Morgan fingerprint density at radius 3 is 2.37 bits per heavy atom. The topological polar surface area (TPSA) is 89.2 Å². The van der Waals surface area contributed by atoms with Gasteiger partial charge >= 0.3 is 0 Å². The fourth-order valence-corrected chi connectivity index (χ4v) is 4.47. The summed E-state index contributed by atoms with van der Waals surface area (Å²) >= 11 is 0. The van der Waals surface area contributed by atoms with Gasteiger partial charge in [0.25, 0.3) is 11.7 Å². The Kier molecular flexibility index (Phi) is 5.63. The number of hydrogen-bond donors (Lipinski definition) is 1. The molecule has 35 heavy (non-hydrogen) atoms. The Hall–Kier alpha value is -4.00. The Morgan fingerprint density at radius 2 is 1.71 bits per heavy atom. The summed E-state index contributed by atoms with van der Waals surface area (Å²) in [6.45, 7) is 7.29. The number of benzene rings is 2. The number of fused-ring (bicyclic) bond motifs is 1. The summed E-state index contributed by atoms with van der Waals surface area (Å²) in [6.07, 6.45) is 1.52. The van der Waals surface area contributed by atoms with E-state index in [-0.39, 0.29) is 23.3 Å². The molecular weight excluding hydrogens is 446 g/mol. The van der Waals surface area contributed by atoms with E-state index in [0.29, 0.717) is 36.0 Å². The van der Waals surface area contributed by atoms with Gasteiger partial charge in [0.2, 0.25) is 0 Å². The minimum Gasteiger partial charge on any atom is -0.507 e. The van der Waals surface area contributed by atoms with Gasteiger partial charge in [0.05, 0.1) is 24.4 Å². The molecule has 2 aliphatic heterocycles. The maximum absolute atomic E-state index is 13.3. The zero-order valence-electron chi connectivity index (χ0n) is 19.9. The van der Waals surface area contributed by atoms with Crippen LogP contribution in [0.5, 0.6) is 11.5 Å². The Labute approximate surface area is 203 Å². The highest BCUT2D eigenvalue weighted by Crippen LogP contribution is 2.42. The van der Waals surface area contributed by atoms with Gasteiger partial charge in [0, 0.05) is 5.56 Å². The zero-order valence-corrected chi connectivity index (χ0v) is 19.9.